The van der Waals surface area contributed by atoms with Gasteiger partial charge in [-0.15, -0.1) is 0 Å². The van der Waals surface area contributed by atoms with Crippen LogP contribution in [0.5, 0.6) is 0 Å². The van der Waals surface area contributed by atoms with Crippen molar-refractivity contribution in [3.05, 3.63) is 30.3 Å². The second kappa shape index (κ2) is 6.47. The fraction of sp³-hybridized carbons (Fsp3) is 0.333. The van der Waals surface area contributed by atoms with Crippen molar-refractivity contribution in [2.24, 2.45) is 5.92 Å². The first-order valence-corrected chi connectivity index (χ1v) is 7.31. The van der Waals surface area contributed by atoms with Crippen molar-refractivity contribution in [2.75, 3.05) is 18.4 Å². The largest absolute Gasteiger partial charge is 0.481 e. The van der Waals surface area contributed by atoms with E-state index in [-0.39, 0.29) is 12.6 Å². The van der Waals surface area contributed by atoms with Gasteiger partial charge in [-0.1, -0.05) is 35.5 Å². The normalized spacial score (nSPS) is 17.7. The fourth-order valence-electron chi connectivity index (χ4n) is 2.51. The van der Waals surface area contributed by atoms with Gasteiger partial charge >= 0.3 is 18.0 Å². The van der Waals surface area contributed by atoms with Crippen molar-refractivity contribution in [1.82, 2.24) is 15.0 Å². The molecule has 2 N–H and O–H groups in total. The number of aromatic nitrogens is 2. The molecule has 0 aliphatic carbocycles. The number of carbonyl (C=O) groups is 2. The first-order chi connectivity index (χ1) is 11.1. The zero-order valence-electron chi connectivity index (χ0n) is 12.3. The van der Waals surface area contributed by atoms with Gasteiger partial charge in [0.1, 0.15) is 0 Å². The maximum absolute atomic E-state index is 12.2. The van der Waals surface area contributed by atoms with E-state index in [0.717, 1.165) is 5.56 Å². The summed E-state index contributed by atoms with van der Waals surface area (Å²) in [7, 11) is 0. The number of likely N-dealkylation sites (tertiary alicyclic amines) is 1. The highest BCUT2D eigenvalue weighted by Gasteiger charge is 2.28. The topological polar surface area (TPSA) is 109 Å². The zero-order valence-corrected chi connectivity index (χ0v) is 12.3. The molecule has 8 nitrogen and oxygen atoms in total. The Hall–Kier alpha value is -2.90. The van der Waals surface area contributed by atoms with Crippen LogP contribution in [-0.4, -0.2) is 45.2 Å². The molecule has 1 aromatic heterocycles. The van der Waals surface area contributed by atoms with Crippen molar-refractivity contribution in [3.8, 4) is 11.4 Å². The van der Waals surface area contributed by atoms with Crippen LogP contribution in [0.15, 0.2) is 34.9 Å². The SMILES string of the molecule is O=C(O)C1CCCN(C(=O)Nc2nc(-c3ccccc3)no2)C1. The Bertz CT molecular complexity index is 701. The van der Waals surface area contributed by atoms with Gasteiger partial charge in [-0.05, 0) is 12.8 Å². The molecule has 1 aromatic carbocycles. The van der Waals surface area contributed by atoms with Crippen molar-refractivity contribution >= 4 is 18.0 Å². The Morgan fingerprint density at radius 3 is 2.83 bits per heavy atom. The van der Waals surface area contributed by atoms with Crippen LogP contribution in [0.1, 0.15) is 12.8 Å². The van der Waals surface area contributed by atoms with Gasteiger partial charge in [0.2, 0.25) is 5.82 Å². The van der Waals surface area contributed by atoms with Gasteiger partial charge in [-0.2, -0.15) is 4.98 Å². The van der Waals surface area contributed by atoms with Gasteiger partial charge in [0, 0.05) is 18.7 Å². The summed E-state index contributed by atoms with van der Waals surface area (Å²) in [6.45, 7) is 0.691. The molecule has 8 heteroatoms. The van der Waals surface area contributed by atoms with Crippen LogP contribution in [0.25, 0.3) is 11.4 Å². The number of hydrogen-bond acceptors (Lipinski definition) is 5. The lowest BCUT2D eigenvalue weighted by Crippen LogP contribution is -2.44. The Labute approximate surface area is 132 Å². The van der Waals surface area contributed by atoms with Crippen LogP contribution in [0.3, 0.4) is 0 Å². The monoisotopic (exact) mass is 316 g/mol. The second-order valence-electron chi connectivity index (χ2n) is 5.34. The van der Waals surface area contributed by atoms with Crippen LogP contribution in [-0.2, 0) is 4.79 Å². The minimum absolute atomic E-state index is 0.00805. The molecule has 0 spiro atoms. The second-order valence-corrected chi connectivity index (χ2v) is 5.34. The number of hydrogen-bond donors (Lipinski definition) is 2. The van der Waals surface area contributed by atoms with Crippen molar-refractivity contribution in [1.29, 1.82) is 0 Å². The Kier molecular flexibility index (Phi) is 4.22. The summed E-state index contributed by atoms with van der Waals surface area (Å²) in [5.74, 6) is -1.04. The quantitative estimate of drug-likeness (QED) is 0.897. The summed E-state index contributed by atoms with van der Waals surface area (Å²) < 4.78 is 5.02. The molecule has 23 heavy (non-hydrogen) atoms. The Balaban J connectivity index is 1.64. The van der Waals surface area contributed by atoms with Crippen molar-refractivity contribution in [2.45, 2.75) is 12.8 Å². The molecule has 1 unspecified atom stereocenters. The summed E-state index contributed by atoms with van der Waals surface area (Å²) in [5, 5.41) is 15.4. The number of rotatable bonds is 3. The number of amides is 2. The molecule has 0 saturated carbocycles. The van der Waals surface area contributed by atoms with Gasteiger partial charge in [-0.25, -0.2) is 4.79 Å². The molecule has 1 atom stereocenters. The molecule has 3 rings (SSSR count). The standard InChI is InChI=1S/C15H16N4O4/c20-13(21)11-7-4-8-19(9-11)15(22)17-14-16-12(18-23-14)10-5-2-1-3-6-10/h1-3,5-6,11H,4,7-9H2,(H,20,21)(H,16,17,18,22). The number of carbonyl (C=O) groups excluding carboxylic acids is 1. The number of nitrogens with one attached hydrogen (secondary N) is 1. The molecule has 2 amide bonds. The van der Waals surface area contributed by atoms with Gasteiger partial charge in [0.25, 0.3) is 0 Å². The summed E-state index contributed by atoms with van der Waals surface area (Å²) >= 11 is 0. The molecule has 1 fully saturated rings. The molecule has 0 bridgehead atoms. The first kappa shape index (κ1) is 15.0. The summed E-state index contributed by atoms with van der Waals surface area (Å²) in [6.07, 6.45) is 1.24. The highest BCUT2D eigenvalue weighted by atomic mass is 16.5. The van der Waals surface area contributed by atoms with Crippen LogP contribution >= 0.6 is 0 Å². The van der Waals surface area contributed by atoms with Gasteiger partial charge in [-0.3, -0.25) is 10.1 Å². The molecular formula is C15H16N4O4. The minimum atomic E-state index is -0.883. The fourth-order valence-corrected chi connectivity index (χ4v) is 2.51. The zero-order chi connectivity index (χ0) is 16.2. The van der Waals surface area contributed by atoms with Gasteiger partial charge in [0.15, 0.2) is 0 Å². The van der Waals surface area contributed by atoms with E-state index < -0.39 is 17.9 Å². The Morgan fingerprint density at radius 2 is 2.09 bits per heavy atom. The van der Waals surface area contributed by atoms with E-state index in [1.54, 1.807) is 0 Å². The van der Waals surface area contributed by atoms with Crippen LogP contribution in [0, 0.1) is 5.92 Å². The third-order valence-corrected chi connectivity index (χ3v) is 3.73. The van der Waals surface area contributed by atoms with Crippen molar-refractivity contribution < 1.29 is 19.2 Å². The number of anilines is 1. The number of piperidine rings is 1. The highest BCUT2D eigenvalue weighted by molar-refractivity contribution is 5.87. The predicted octanol–water partition coefficient (Wildman–Crippen LogP) is 2.07. The average molecular weight is 316 g/mol. The molecule has 1 aliphatic rings. The van der Waals surface area contributed by atoms with E-state index in [9.17, 15) is 9.59 Å². The number of carboxylic acid groups (broad SMARTS) is 1. The van der Waals surface area contributed by atoms with E-state index in [4.69, 9.17) is 9.63 Å². The molecule has 120 valence electrons. The number of nitrogens with zero attached hydrogens (tertiary/aromatic N) is 3. The maximum Gasteiger partial charge on any atom is 0.329 e. The molecular weight excluding hydrogens is 300 g/mol. The van der Waals surface area contributed by atoms with Crippen LogP contribution in [0.2, 0.25) is 0 Å². The predicted molar refractivity (Wildman–Crippen MR) is 80.7 cm³/mol. The smallest absolute Gasteiger partial charge is 0.329 e. The lowest BCUT2D eigenvalue weighted by Gasteiger charge is -2.30. The van der Waals surface area contributed by atoms with E-state index in [2.05, 4.69) is 15.5 Å². The molecule has 0 radical (unpaired) electrons. The lowest BCUT2D eigenvalue weighted by atomic mass is 9.99. The maximum atomic E-state index is 12.2. The average Bonchev–Trinajstić information content (AvgIpc) is 3.04. The Morgan fingerprint density at radius 1 is 1.30 bits per heavy atom. The van der Waals surface area contributed by atoms with Crippen LogP contribution < -0.4 is 5.32 Å². The van der Waals surface area contributed by atoms with E-state index in [1.807, 2.05) is 30.3 Å². The molecule has 2 heterocycles. The molecule has 1 aliphatic heterocycles. The summed E-state index contributed by atoms with van der Waals surface area (Å²) in [6, 6.07) is 8.80. The third kappa shape index (κ3) is 3.47. The van der Waals surface area contributed by atoms with E-state index in [1.165, 1.54) is 4.90 Å². The van der Waals surface area contributed by atoms with Crippen LogP contribution in [0.4, 0.5) is 10.8 Å². The van der Waals surface area contributed by atoms with Gasteiger partial charge < -0.3 is 14.5 Å². The minimum Gasteiger partial charge on any atom is -0.481 e. The van der Waals surface area contributed by atoms with Gasteiger partial charge in [0.05, 0.1) is 5.92 Å². The molecule has 1 saturated heterocycles. The lowest BCUT2D eigenvalue weighted by molar-refractivity contribution is -0.143. The summed E-state index contributed by atoms with van der Waals surface area (Å²) in [5.41, 5.74) is 0.778. The number of carboxylic acids is 1. The number of urea groups is 1. The third-order valence-electron chi connectivity index (χ3n) is 3.73. The summed E-state index contributed by atoms with van der Waals surface area (Å²) in [4.78, 5) is 28.8. The van der Waals surface area contributed by atoms with E-state index in [0.29, 0.717) is 25.2 Å². The number of aliphatic carboxylic acids is 1. The number of benzene rings is 1. The van der Waals surface area contributed by atoms with Crippen molar-refractivity contribution in [3.63, 3.8) is 0 Å². The van der Waals surface area contributed by atoms with E-state index >= 15 is 0 Å². The first-order valence-electron chi connectivity index (χ1n) is 7.31. The highest BCUT2D eigenvalue weighted by Crippen LogP contribution is 2.19. The molecule has 2 aromatic rings.